The van der Waals surface area contributed by atoms with E-state index in [4.69, 9.17) is 0 Å². The molecule has 2 aromatic heterocycles. The molecule has 1 N–H and O–H groups in total. The van der Waals surface area contributed by atoms with Gasteiger partial charge in [-0.2, -0.15) is 5.10 Å². The molecule has 90 valence electrons. The van der Waals surface area contributed by atoms with Crippen molar-refractivity contribution in [2.75, 3.05) is 0 Å². The van der Waals surface area contributed by atoms with Crippen LogP contribution in [0, 0.1) is 6.92 Å². The van der Waals surface area contributed by atoms with E-state index in [1.54, 1.807) is 6.07 Å². The maximum atomic E-state index is 11.5. The molecule has 2 heterocycles. The zero-order valence-electron chi connectivity index (χ0n) is 10.1. The number of hydrogen-bond donors (Lipinski definition) is 1. The van der Waals surface area contributed by atoms with Gasteiger partial charge in [0, 0.05) is 11.5 Å². The molecule has 0 aliphatic heterocycles. The van der Waals surface area contributed by atoms with Crippen LogP contribution in [0.15, 0.2) is 17.1 Å². The topological polar surface area (TPSA) is 50.7 Å². The molecule has 1 saturated carbocycles. The fourth-order valence-corrected chi connectivity index (χ4v) is 2.81. The Bertz CT molecular complexity index is 590. The van der Waals surface area contributed by atoms with E-state index in [1.807, 2.05) is 17.8 Å². The largest absolute Gasteiger partial charge is 0.307 e. The summed E-state index contributed by atoms with van der Waals surface area (Å²) >= 11 is 0. The molecule has 1 aliphatic rings. The zero-order chi connectivity index (χ0) is 11.8. The highest BCUT2D eigenvalue weighted by Crippen LogP contribution is 2.29. The van der Waals surface area contributed by atoms with Gasteiger partial charge in [0.15, 0.2) is 0 Å². The molecule has 4 nitrogen and oxygen atoms in total. The van der Waals surface area contributed by atoms with Crippen LogP contribution < -0.4 is 5.56 Å². The number of nitrogens with one attached hydrogen (secondary N) is 1. The van der Waals surface area contributed by atoms with Crippen molar-refractivity contribution in [3.8, 4) is 0 Å². The summed E-state index contributed by atoms with van der Waals surface area (Å²) < 4.78 is 2.02. The van der Waals surface area contributed by atoms with Gasteiger partial charge in [0.2, 0.25) is 5.56 Å². The molecular formula is C13H17N3O. The van der Waals surface area contributed by atoms with Crippen molar-refractivity contribution in [2.24, 2.45) is 0 Å². The van der Waals surface area contributed by atoms with Crippen LogP contribution >= 0.6 is 0 Å². The first-order valence-corrected chi connectivity index (χ1v) is 6.33. The van der Waals surface area contributed by atoms with Gasteiger partial charge in [-0.1, -0.05) is 19.3 Å². The van der Waals surface area contributed by atoms with Crippen molar-refractivity contribution in [3.63, 3.8) is 0 Å². The van der Waals surface area contributed by atoms with Gasteiger partial charge in [-0.3, -0.25) is 4.79 Å². The molecule has 0 radical (unpaired) electrons. The van der Waals surface area contributed by atoms with Crippen LogP contribution in [-0.2, 0) is 0 Å². The predicted molar refractivity (Wildman–Crippen MR) is 67.2 cm³/mol. The van der Waals surface area contributed by atoms with Crippen molar-refractivity contribution in [3.05, 3.63) is 28.2 Å². The summed E-state index contributed by atoms with van der Waals surface area (Å²) in [6.45, 7) is 1.96. The number of hydrogen-bond acceptors (Lipinski definition) is 2. The molecule has 1 fully saturated rings. The van der Waals surface area contributed by atoms with Crippen molar-refractivity contribution >= 4 is 11.0 Å². The highest BCUT2D eigenvalue weighted by atomic mass is 16.1. The fourth-order valence-electron chi connectivity index (χ4n) is 2.81. The lowest BCUT2D eigenvalue weighted by atomic mass is 9.96. The second-order valence-electron chi connectivity index (χ2n) is 4.96. The summed E-state index contributed by atoms with van der Waals surface area (Å²) in [5, 5.41) is 5.53. The minimum Gasteiger partial charge on any atom is -0.307 e. The third kappa shape index (κ3) is 1.77. The van der Waals surface area contributed by atoms with Gasteiger partial charge in [-0.05, 0) is 25.3 Å². The van der Waals surface area contributed by atoms with E-state index >= 15 is 0 Å². The Kier molecular flexibility index (Phi) is 2.50. The Morgan fingerprint density at radius 3 is 2.88 bits per heavy atom. The first kappa shape index (κ1) is 10.6. The van der Waals surface area contributed by atoms with Crippen LogP contribution in [-0.4, -0.2) is 14.8 Å². The van der Waals surface area contributed by atoms with E-state index in [1.165, 1.54) is 32.1 Å². The third-order valence-corrected chi connectivity index (χ3v) is 3.73. The Labute approximate surface area is 99.7 Å². The van der Waals surface area contributed by atoms with Crippen LogP contribution in [0.4, 0.5) is 0 Å². The molecule has 0 amide bonds. The summed E-state index contributed by atoms with van der Waals surface area (Å²) in [5.74, 6) is 0. The first-order chi connectivity index (χ1) is 8.25. The SMILES string of the molecule is Cc1cc(=O)[nH]c2c1cnn2C1CCCCC1. The van der Waals surface area contributed by atoms with Crippen molar-refractivity contribution in [1.29, 1.82) is 0 Å². The lowest BCUT2D eigenvalue weighted by molar-refractivity contribution is 0.335. The van der Waals surface area contributed by atoms with E-state index < -0.39 is 0 Å². The van der Waals surface area contributed by atoms with E-state index in [0.29, 0.717) is 6.04 Å². The van der Waals surface area contributed by atoms with Crippen LogP contribution in [0.5, 0.6) is 0 Å². The second-order valence-corrected chi connectivity index (χ2v) is 4.96. The summed E-state index contributed by atoms with van der Waals surface area (Å²) in [5.41, 5.74) is 1.86. The average molecular weight is 231 g/mol. The Balaban J connectivity index is 2.13. The molecule has 1 aliphatic carbocycles. The fraction of sp³-hybridized carbons (Fsp3) is 0.538. The number of H-pyrrole nitrogens is 1. The lowest BCUT2D eigenvalue weighted by Crippen LogP contribution is -2.16. The van der Waals surface area contributed by atoms with Crippen LogP contribution in [0.3, 0.4) is 0 Å². The maximum Gasteiger partial charge on any atom is 0.249 e. The van der Waals surface area contributed by atoms with Gasteiger partial charge >= 0.3 is 0 Å². The predicted octanol–water partition coefficient (Wildman–Crippen LogP) is 2.54. The standard InChI is InChI=1S/C13H17N3O/c1-9-7-12(17)15-13-11(9)8-14-16(13)10-5-3-2-4-6-10/h7-8,10H,2-6H2,1H3,(H,15,17). The summed E-state index contributed by atoms with van der Waals surface area (Å²) in [4.78, 5) is 14.5. The zero-order valence-corrected chi connectivity index (χ0v) is 10.1. The van der Waals surface area contributed by atoms with Gasteiger partial charge in [0.25, 0.3) is 0 Å². The van der Waals surface area contributed by atoms with E-state index in [0.717, 1.165) is 16.6 Å². The van der Waals surface area contributed by atoms with Gasteiger partial charge in [-0.15, -0.1) is 0 Å². The minimum atomic E-state index is -0.0347. The highest BCUT2D eigenvalue weighted by molar-refractivity contribution is 5.78. The van der Waals surface area contributed by atoms with Crippen LogP contribution in [0.2, 0.25) is 0 Å². The minimum absolute atomic E-state index is 0.0347. The summed E-state index contributed by atoms with van der Waals surface area (Å²) in [6.07, 6.45) is 8.07. The normalized spacial score (nSPS) is 17.7. The van der Waals surface area contributed by atoms with Gasteiger partial charge in [0.1, 0.15) is 5.65 Å². The van der Waals surface area contributed by atoms with Crippen molar-refractivity contribution in [1.82, 2.24) is 14.8 Å². The Hall–Kier alpha value is -1.58. The number of nitrogens with zero attached hydrogens (tertiary/aromatic N) is 2. The van der Waals surface area contributed by atoms with Gasteiger partial charge in [-0.25, -0.2) is 4.68 Å². The second kappa shape index (κ2) is 4.02. The molecule has 0 atom stereocenters. The molecular weight excluding hydrogens is 214 g/mol. The summed E-state index contributed by atoms with van der Waals surface area (Å²) in [6, 6.07) is 2.09. The molecule has 17 heavy (non-hydrogen) atoms. The number of aryl methyl sites for hydroxylation is 1. The number of fused-ring (bicyclic) bond motifs is 1. The quantitative estimate of drug-likeness (QED) is 0.820. The van der Waals surface area contributed by atoms with Crippen molar-refractivity contribution in [2.45, 2.75) is 45.1 Å². The number of pyridine rings is 1. The van der Waals surface area contributed by atoms with Gasteiger partial charge in [0.05, 0.1) is 12.2 Å². The molecule has 0 aromatic carbocycles. The van der Waals surface area contributed by atoms with E-state index in [9.17, 15) is 4.79 Å². The monoisotopic (exact) mass is 231 g/mol. The smallest absolute Gasteiger partial charge is 0.249 e. The molecule has 0 saturated heterocycles. The molecule has 3 rings (SSSR count). The maximum absolute atomic E-state index is 11.5. The van der Waals surface area contributed by atoms with Gasteiger partial charge < -0.3 is 4.98 Å². The number of aromatic amines is 1. The molecule has 0 unspecified atom stereocenters. The number of aromatic nitrogens is 3. The molecule has 0 bridgehead atoms. The first-order valence-electron chi connectivity index (χ1n) is 6.33. The summed E-state index contributed by atoms with van der Waals surface area (Å²) in [7, 11) is 0. The van der Waals surface area contributed by atoms with Crippen molar-refractivity contribution < 1.29 is 0 Å². The van der Waals surface area contributed by atoms with E-state index in [2.05, 4.69) is 10.1 Å². The number of rotatable bonds is 1. The lowest BCUT2D eigenvalue weighted by Gasteiger charge is -2.22. The third-order valence-electron chi connectivity index (χ3n) is 3.73. The molecule has 2 aromatic rings. The van der Waals surface area contributed by atoms with E-state index in [-0.39, 0.29) is 5.56 Å². The Morgan fingerprint density at radius 1 is 1.35 bits per heavy atom. The Morgan fingerprint density at radius 2 is 2.12 bits per heavy atom. The van der Waals surface area contributed by atoms with Crippen LogP contribution in [0.1, 0.15) is 43.7 Å². The average Bonchev–Trinajstić information content (AvgIpc) is 2.74. The molecule has 0 spiro atoms. The molecule has 4 heteroatoms. The highest BCUT2D eigenvalue weighted by Gasteiger charge is 2.18. The van der Waals surface area contributed by atoms with Crippen LogP contribution in [0.25, 0.3) is 11.0 Å².